The van der Waals surface area contributed by atoms with Crippen molar-refractivity contribution in [1.82, 2.24) is 0 Å². The van der Waals surface area contributed by atoms with Crippen LogP contribution in [0.15, 0.2) is 17.0 Å². The van der Waals surface area contributed by atoms with Gasteiger partial charge in [-0.1, -0.05) is 24.9 Å². The summed E-state index contributed by atoms with van der Waals surface area (Å²) in [5.41, 5.74) is 0.849. The van der Waals surface area contributed by atoms with Crippen LogP contribution < -0.4 is 10.5 Å². The molecule has 0 amide bonds. The Morgan fingerprint density at radius 3 is 2.82 bits per heavy atom. The first-order chi connectivity index (χ1) is 8.10. The third-order valence-corrected chi connectivity index (χ3v) is 3.18. The molecule has 0 atom stereocenters. The molecule has 0 aliphatic heterocycles. The molecule has 0 aliphatic rings. The molecule has 0 saturated heterocycles. The third kappa shape index (κ3) is 3.80. The van der Waals surface area contributed by atoms with Crippen molar-refractivity contribution in [2.24, 2.45) is 5.14 Å². The van der Waals surface area contributed by atoms with Crippen LogP contribution in [0.3, 0.4) is 0 Å². The Balaban J connectivity index is 2.97. The SMILES string of the molecule is CCCCNc1cc(Cl)c(C(=O)O)cc1SN. The number of nitrogens with two attached hydrogens (primary N) is 1. The molecule has 4 N–H and O–H groups in total. The predicted molar refractivity (Wildman–Crippen MR) is 71.9 cm³/mol. The molecule has 0 heterocycles. The zero-order valence-electron chi connectivity index (χ0n) is 9.50. The standard InChI is InChI=1S/C11H15ClN2O2S/c1-2-3-4-14-9-6-8(12)7(11(15)16)5-10(9)17-13/h5-6,14H,2-4,13H2,1H3,(H,15,16). The van der Waals surface area contributed by atoms with Gasteiger partial charge in [0.2, 0.25) is 0 Å². The quantitative estimate of drug-likeness (QED) is 0.549. The Morgan fingerprint density at radius 2 is 2.29 bits per heavy atom. The van der Waals surface area contributed by atoms with E-state index in [-0.39, 0.29) is 10.6 Å². The van der Waals surface area contributed by atoms with Crippen molar-refractivity contribution in [3.63, 3.8) is 0 Å². The highest BCUT2D eigenvalue weighted by molar-refractivity contribution is 7.97. The van der Waals surface area contributed by atoms with E-state index in [1.807, 2.05) is 0 Å². The fourth-order valence-electron chi connectivity index (χ4n) is 1.35. The van der Waals surface area contributed by atoms with Gasteiger partial charge in [-0.05, 0) is 30.5 Å². The molecular formula is C11H15ClN2O2S. The normalized spacial score (nSPS) is 10.3. The van der Waals surface area contributed by atoms with Gasteiger partial charge in [-0.2, -0.15) is 0 Å². The Morgan fingerprint density at radius 1 is 1.59 bits per heavy atom. The van der Waals surface area contributed by atoms with Gasteiger partial charge in [0.1, 0.15) is 0 Å². The number of benzene rings is 1. The van der Waals surface area contributed by atoms with E-state index in [1.165, 1.54) is 6.07 Å². The molecule has 0 spiro atoms. The average molecular weight is 275 g/mol. The van der Waals surface area contributed by atoms with E-state index in [9.17, 15) is 4.79 Å². The predicted octanol–water partition coefficient (Wildman–Crippen LogP) is 3.22. The number of anilines is 1. The number of carbonyl (C=O) groups is 1. The number of hydrogen-bond donors (Lipinski definition) is 3. The molecule has 17 heavy (non-hydrogen) atoms. The highest BCUT2D eigenvalue weighted by atomic mass is 35.5. The van der Waals surface area contributed by atoms with Crippen LogP contribution in [-0.2, 0) is 0 Å². The van der Waals surface area contributed by atoms with Crippen LogP contribution in [0.1, 0.15) is 30.1 Å². The minimum atomic E-state index is -1.05. The largest absolute Gasteiger partial charge is 0.478 e. The number of unbranched alkanes of at least 4 members (excludes halogenated alkanes) is 1. The maximum absolute atomic E-state index is 10.9. The van der Waals surface area contributed by atoms with Gasteiger partial charge in [0.05, 0.1) is 16.3 Å². The molecule has 0 aliphatic carbocycles. The smallest absolute Gasteiger partial charge is 0.337 e. The van der Waals surface area contributed by atoms with Crippen molar-refractivity contribution in [3.8, 4) is 0 Å². The molecule has 0 unspecified atom stereocenters. The zero-order chi connectivity index (χ0) is 12.8. The molecule has 0 saturated carbocycles. The van der Waals surface area contributed by atoms with Crippen molar-refractivity contribution in [2.75, 3.05) is 11.9 Å². The Hall–Kier alpha value is -0.910. The number of nitrogens with one attached hydrogen (secondary N) is 1. The second-order valence-corrected chi connectivity index (χ2v) is 4.61. The summed E-state index contributed by atoms with van der Waals surface area (Å²) >= 11 is 6.90. The van der Waals surface area contributed by atoms with Crippen LogP contribution in [0.25, 0.3) is 0 Å². The van der Waals surface area contributed by atoms with Gasteiger partial charge in [0.25, 0.3) is 0 Å². The number of hydrogen-bond acceptors (Lipinski definition) is 4. The molecule has 4 nitrogen and oxygen atoms in total. The van der Waals surface area contributed by atoms with Gasteiger partial charge in [0.15, 0.2) is 0 Å². The van der Waals surface area contributed by atoms with Crippen molar-refractivity contribution < 1.29 is 9.90 Å². The summed E-state index contributed by atoms with van der Waals surface area (Å²) in [5.74, 6) is -1.05. The molecule has 1 aromatic rings. The lowest BCUT2D eigenvalue weighted by Crippen LogP contribution is -2.05. The monoisotopic (exact) mass is 274 g/mol. The summed E-state index contributed by atoms with van der Waals surface area (Å²) < 4.78 is 0. The van der Waals surface area contributed by atoms with E-state index in [1.54, 1.807) is 6.07 Å². The first-order valence-corrected chi connectivity index (χ1v) is 6.53. The van der Waals surface area contributed by atoms with E-state index in [0.717, 1.165) is 37.0 Å². The molecule has 0 bridgehead atoms. The van der Waals surface area contributed by atoms with E-state index in [2.05, 4.69) is 12.2 Å². The maximum Gasteiger partial charge on any atom is 0.337 e. The summed E-state index contributed by atoms with van der Waals surface area (Å²) in [4.78, 5) is 11.6. The number of rotatable bonds is 6. The lowest BCUT2D eigenvalue weighted by Gasteiger charge is -2.12. The topological polar surface area (TPSA) is 75.3 Å². The second-order valence-electron chi connectivity index (χ2n) is 3.53. The Kier molecular flexibility index (Phi) is 5.61. The van der Waals surface area contributed by atoms with Crippen LogP contribution in [-0.4, -0.2) is 17.6 Å². The van der Waals surface area contributed by atoms with Crippen molar-refractivity contribution in [3.05, 3.63) is 22.7 Å². The molecule has 1 rings (SSSR count). The summed E-state index contributed by atoms with van der Waals surface area (Å²) in [7, 11) is 0. The number of carboxylic acids is 1. The first-order valence-electron chi connectivity index (χ1n) is 5.27. The number of aromatic carboxylic acids is 1. The highest BCUT2D eigenvalue weighted by Crippen LogP contribution is 2.30. The summed E-state index contributed by atoms with van der Waals surface area (Å²) in [6, 6.07) is 3.10. The van der Waals surface area contributed by atoms with Gasteiger partial charge in [-0.3, -0.25) is 5.14 Å². The van der Waals surface area contributed by atoms with E-state index < -0.39 is 5.97 Å². The van der Waals surface area contributed by atoms with E-state index in [0.29, 0.717) is 4.90 Å². The molecule has 0 aromatic heterocycles. The maximum atomic E-state index is 10.9. The summed E-state index contributed by atoms with van der Waals surface area (Å²) in [6.07, 6.45) is 2.12. The van der Waals surface area contributed by atoms with Crippen LogP contribution in [0.2, 0.25) is 5.02 Å². The first kappa shape index (κ1) is 14.2. The fraction of sp³-hybridized carbons (Fsp3) is 0.364. The van der Waals surface area contributed by atoms with Crippen LogP contribution in [0.4, 0.5) is 5.69 Å². The number of carboxylic acid groups (broad SMARTS) is 1. The molecule has 0 fully saturated rings. The van der Waals surface area contributed by atoms with Crippen LogP contribution in [0, 0.1) is 0 Å². The van der Waals surface area contributed by atoms with Gasteiger partial charge < -0.3 is 10.4 Å². The fourth-order valence-corrected chi connectivity index (χ4v) is 2.04. The summed E-state index contributed by atoms with van der Waals surface area (Å²) in [6.45, 7) is 2.91. The Bertz CT molecular complexity index is 413. The average Bonchev–Trinajstić information content (AvgIpc) is 2.29. The van der Waals surface area contributed by atoms with Crippen molar-refractivity contribution >= 4 is 35.2 Å². The lowest BCUT2D eigenvalue weighted by molar-refractivity contribution is 0.0697. The molecule has 0 radical (unpaired) electrons. The lowest BCUT2D eigenvalue weighted by atomic mass is 10.2. The van der Waals surface area contributed by atoms with Gasteiger partial charge in [-0.15, -0.1) is 0 Å². The van der Waals surface area contributed by atoms with Gasteiger partial charge in [-0.25, -0.2) is 4.79 Å². The van der Waals surface area contributed by atoms with Gasteiger partial charge in [0, 0.05) is 11.4 Å². The minimum absolute atomic E-state index is 0.0701. The minimum Gasteiger partial charge on any atom is -0.478 e. The van der Waals surface area contributed by atoms with Crippen LogP contribution in [0.5, 0.6) is 0 Å². The van der Waals surface area contributed by atoms with E-state index in [4.69, 9.17) is 21.8 Å². The second kappa shape index (κ2) is 6.74. The van der Waals surface area contributed by atoms with Gasteiger partial charge >= 0.3 is 5.97 Å². The molecule has 94 valence electrons. The van der Waals surface area contributed by atoms with E-state index >= 15 is 0 Å². The third-order valence-electron chi connectivity index (χ3n) is 2.27. The van der Waals surface area contributed by atoms with Crippen molar-refractivity contribution in [2.45, 2.75) is 24.7 Å². The van der Waals surface area contributed by atoms with Crippen LogP contribution >= 0.6 is 23.5 Å². The molecule has 6 heteroatoms. The van der Waals surface area contributed by atoms with Crippen molar-refractivity contribution in [1.29, 1.82) is 0 Å². The molecule has 1 aromatic carbocycles. The number of halogens is 1. The Labute approximate surface area is 110 Å². The highest BCUT2D eigenvalue weighted by Gasteiger charge is 2.13. The molecular weight excluding hydrogens is 260 g/mol. The zero-order valence-corrected chi connectivity index (χ0v) is 11.1. The summed E-state index contributed by atoms with van der Waals surface area (Å²) in [5, 5.41) is 17.9.